The van der Waals surface area contributed by atoms with Crippen molar-refractivity contribution in [2.45, 2.75) is 57.4 Å². The Morgan fingerprint density at radius 3 is 1.85 bits per heavy atom. The van der Waals surface area contributed by atoms with Crippen LogP contribution in [0.3, 0.4) is 0 Å². The minimum atomic E-state index is -1.52. The Morgan fingerprint density at radius 2 is 1.32 bits per heavy atom. The Bertz CT molecular complexity index is 2680. The fourth-order valence-electron chi connectivity index (χ4n) is 10.4. The summed E-state index contributed by atoms with van der Waals surface area (Å²) in [6, 6.07) is 12.4. The molecule has 3 aromatic rings. The van der Waals surface area contributed by atoms with Crippen LogP contribution >= 0.6 is 0 Å². The highest BCUT2D eigenvalue weighted by Crippen LogP contribution is 2.43. The van der Waals surface area contributed by atoms with E-state index < -0.39 is 35.3 Å². The molecular weight excluding hydrogens is 1020 g/mol. The van der Waals surface area contributed by atoms with Gasteiger partial charge in [-0.05, 0) is 113 Å². The molecule has 2 heterocycles. The van der Waals surface area contributed by atoms with Crippen molar-refractivity contribution in [1.29, 1.82) is 0 Å². The third kappa shape index (κ3) is 16.7. The van der Waals surface area contributed by atoms with Crippen LogP contribution in [0.2, 0.25) is 0 Å². The molecule has 1 aliphatic heterocycles. The van der Waals surface area contributed by atoms with Crippen LogP contribution in [0.5, 0.6) is 11.5 Å². The first-order chi connectivity index (χ1) is 37.7. The van der Waals surface area contributed by atoms with Crippen LogP contribution in [0.25, 0.3) is 16.9 Å². The highest BCUT2D eigenvalue weighted by molar-refractivity contribution is 6.01. The van der Waals surface area contributed by atoms with Crippen LogP contribution in [0.1, 0.15) is 78.3 Å². The highest BCUT2D eigenvalue weighted by atomic mass is 16.5. The number of ether oxygens (including phenoxy) is 2. The number of aromatic nitrogens is 2. The van der Waals surface area contributed by atoms with Gasteiger partial charge in [0.25, 0.3) is 17.7 Å². The molecule has 0 spiro atoms. The van der Waals surface area contributed by atoms with Crippen molar-refractivity contribution in [1.82, 2.24) is 55.1 Å². The van der Waals surface area contributed by atoms with Crippen LogP contribution in [-0.2, 0) is 24.0 Å². The molecule has 2 fully saturated rings. The number of methoxy groups -OCH3 is 2. The number of carbonyl (C=O) groups is 7. The number of benzene rings is 2. The van der Waals surface area contributed by atoms with E-state index in [1.165, 1.54) is 14.2 Å². The standard InChI is InChI=1S/C56H79N11O12/c1-38(2)42-32-40(54(76)62(5)22-10-21-61(3)4)15-16-44(42)67-45(52-46(78-6)13-9-14-47(52)79-7)33-43(60-67)53(75)59-56(18-17-39-11-8-12-41(56)31-39)55(77)58-20-19-57-48(68)34-63-23-25-64(35-49(69)70)27-29-66(37-51(73)74)30-28-65(26-24-63)36-50(71)72/h8-9,13-16,32-33,38-39H,10-11,17-31,34-37H2,1-7H3,(H,57,68)(H,58,77)(H,59,75)(H,69,70)(H,71,72)(H,73,74). The lowest BCUT2D eigenvalue weighted by atomic mass is 9.69. The number of fused-ring (bicyclic) bond motifs is 2. The zero-order chi connectivity index (χ0) is 57.4. The van der Waals surface area contributed by atoms with Crippen LogP contribution in [0, 0.1) is 5.92 Å². The lowest BCUT2D eigenvalue weighted by Gasteiger charge is -2.41. The Labute approximate surface area is 462 Å². The monoisotopic (exact) mass is 1100 g/mol. The number of nitrogens with zero attached hydrogens (tertiary/aromatic N) is 8. The topological polar surface area (TPSA) is 272 Å². The minimum absolute atomic E-state index is 0.000523. The third-order valence-electron chi connectivity index (χ3n) is 14.7. The molecule has 23 nitrogen and oxygen atoms in total. The molecule has 2 atom stereocenters. The second-order valence-corrected chi connectivity index (χ2v) is 21.1. The predicted molar refractivity (Wildman–Crippen MR) is 295 cm³/mol. The van der Waals surface area contributed by atoms with Gasteiger partial charge in [0.2, 0.25) is 5.91 Å². The van der Waals surface area contributed by atoms with Crippen LogP contribution in [0.4, 0.5) is 0 Å². The number of aliphatic carboxylic acids is 3. The van der Waals surface area contributed by atoms with Gasteiger partial charge in [0.15, 0.2) is 5.69 Å². The summed E-state index contributed by atoms with van der Waals surface area (Å²) in [6.07, 6.45) is 4.97. The number of carbonyl (C=O) groups excluding carboxylic acids is 4. The van der Waals surface area contributed by atoms with Crippen LogP contribution in [0.15, 0.2) is 59.8 Å². The van der Waals surface area contributed by atoms with Gasteiger partial charge >= 0.3 is 17.9 Å². The molecule has 6 rings (SSSR count). The van der Waals surface area contributed by atoms with E-state index >= 15 is 0 Å². The Kier molecular flexibility index (Phi) is 22.2. The maximum atomic E-state index is 14.9. The van der Waals surface area contributed by atoms with Gasteiger partial charge in [0, 0.05) is 90.2 Å². The maximum Gasteiger partial charge on any atom is 0.317 e. The van der Waals surface area contributed by atoms with Crippen molar-refractivity contribution in [2.24, 2.45) is 5.92 Å². The minimum Gasteiger partial charge on any atom is -0.496 e. The molecule has 2 bridgehead atoms. The summed E-state index contributed by atoms with van der Waals surface area (Å²) in [5.74, 6) is -3.68. The number of carboxylic acids is 3. The molecule has 1 saturated carbocycles. The van der Waals surface area contributed by atoms with Crippen molar-refractivity contribution in [3.05, 3.63) is 76.7 Å². The first-order valence-electron chi connectivity index (χ1n) is 26.9. The van der Waals surface area contributed by atoms with Gasteiger partial charge in [-0.1, -0.05) is 19.9 Å². The van der Waals surface area contributed by atoms with E-state index in [1.54, 1.807) is 61.7 Å². The number of nitrogens with one attached hydrogen (secondary N) is 3. The fourth-order valence-corrected chi connectivity index (χ4v) is 10.4. The second kappa shape index (κ2) is 28.7. The quantitative estimate of drug-likeness (QED) is 0.0554. The van der Waals surface area contributed by atoms with E-state index in [9.17, 15) is 48.9 Å². The van der Waals surface area contributed by atoms with Crippen molar-refractivity contribution < 1.29 is 58.4 Å². The first-order valence-corrected chi connectivity index (χ1v) is 26.9. The van der Waals surface area contributed by atoms with Crippen LogP contribution < -0.4 is 25.4 Å². The number of rotatable bonds is 24. The highest BCUT2D eigenvalue weighted by Gasteiger charge is 2.48. The lowest BCUT2D eigenvalue weighted by Crippen LogP contribution is -2.62. The molecule has 1 aromatic heterocycles. The second-order valence-electron chi connectivity index (χ2n) is 21.1. The zero-order valence-electron chi connectivity index (χ0n) is 46.7. The summed E-state index contributed by atoms with van der Waals surface area (Å²) in [4.78, 5) is 103. The Hall–Kier alpha value is -7.14. The molecule has 6 N–H and O–H groups in total. The summed E-state index contributed by atoms with van der Waals surface area (Å²) in [7, 11) is 8.86. The molecule has 2 aromatic carbocycles. The van der Waals surface area contributed by atoms with Gasteiger partial charge in [0.1, 0.15) is 17.0 Å². The molecule has 1 saturated heterocycles. The summed E-state index contributed by atoms with van der Waals surface area (Å²) in [6.45, 7) is 6.48. The average molecular weight is 1100 g/mol. The van der Waals surface area contributed by atoms with Gasteiger partial charge in [-0.3, -0.25) is 53.2 Å². The predicted octanol–water partition coefficient (Wildman–Crippen LogP) is 2.17. The SMILES string of the molecule is COc1cccc(OC)c1-c1cc(C(=O)NC2(C(=O)NCCNC(=O)CN3CCN(CC(=O)O)CCN(CC(=O)O)CCN(CC(=O)O)CC3)CCC3CC=C=C2C3)nn1-c1ccc(C(=O)N(C)CCCN(C)C)cc1C(C)C. The van der Waals surface area contributed by atoms with Gasteiger partial charge < -0.3 is 50.5 Å². The molecule has 2 aliphatic carbocycles. The van der Waals surface area contributed by atoms with E-state index in [4.69, 9.17) is 14.6 Å². The van der Waals surface area contributed by atoms with Gasteiger partial charge in [-0.25, -0.2) is 4.68 Å². The number of carboxylic acid groups (broad SMARTS) is 3. The molecular formula is C56H79N11O12. The summed E-state index contributed by atoms with van der Waals surface area (Å²) in [5.41, 5.74) is 5.33. The largest absolute Gasteiger partial charge is 0.496 e. The molecule has 430 valence electrons. The van der Waals surface area contributed by atoms with E-state index in [0.717, 1.165) is 24.9 Å². The fraction of sp³-hybridized carbons (Fsp3) is 0.554. The maximum absolute atomic E-state index is 14.9. The van der Waals surface area contributed by atoms with Crippen molar-refractivity contribution >= 4 is 41.5 Å². The third-order valence-corrected chi connectivity index (χ3v) is 14.7. The van der Waals surface area contributed by atoms with E-state index in [-0.39, 0.29) is 127 Å². The molecule has 3 aliphatic rings. The zero-order valence-corrected chi connectivity index (χ0v) is 46.7. The number of hydrogen-bond acceptors (Lipinski definition) is 15. The summed E-state index contributed by atoms with van der Waals surface area (Å²) in [5, 5.41) is 42.6. The summed E-state index contributed by atoms with van der Waals surface area (Å²) >= 11 is 0. The van der Waals surface area contributed by atoms with Gasteiger partial charge in [-0.15, -0.1) is 5.73 Å². The van der Waals surface area contributed by atoms with Crippen LogP contribution in [-0.4, -0.2) is 242 Å². The molecule has 23 heteroatoms. The lowest BCUT2D eigenvalue weighted by molar-refractivity contribution is -0.140. The van der Waals surface area contributed by atoms with Gasteiger partial charge in [-0.2, -0.15) is 5.10 Å². The molecule has 2 unspecified atom stereocenters. The van der Waals surface area contributed by atoms with E-state index in [1.807, 2.05) is 51.1 Å². The normalized spacial score (nSPS) is 18.7. The molecule has 0 radical (unpaired) electrons. The number of hydrogen-bond donors (Lipinski definition) is 6. The molecule has 79 heavy (non-hydrogen) atoms. The summed E-state index contributed by atoms with van der Waals surface area (Å²) < 4.78 is 13.4. The number of amides is 4. The first kappa shape index (κ1) is 61.1. The van der Waals surface area contributed by atoms with Crippen molar-refractivity contribution in [3.63, 3.8) is 0 Å². The Morgan fingerprint density at radius 1 is 0.759 bits per heavy atom. The average Bonchev–Trinajstić information content (AvgIpc) is 4.13. The van der Waals surface area contributed by atoms with Gasteiger partial charge in [0.05, 0.1) is 57.3 Å². The molecule has 4 amide bonds. The van der Waals surface area contributed by atoms with Crippen molar-refractivity contribution in [2.75, 3.05) is 140 Å². The Balaban J connectivity index is 1.22. The van der Waals surface area contributed by atoms with E-state index in [0.29, 0.717) is 59.0 Å². The smallest absolute Gasteiger partial charge is 0.317 e. The van der Waals surface area contributed by atoms with Crippen molar-refractivity contribution in [3.8, 4) is 28.4 Å². The van der Waals surface area contributed by atoms with E-state index in [2.05, 4.69) is 26.6 Å².